The van der Waals surface area contributed by atoms with E-state index in [1.165, 1.54) is 6.20 Å². The predicted molar refractivity (Wildman–Crippen MR) is 86.5 cm³/mol. The first kappa shape index (κ1) is 14.3. The Morgan fingerprint density at radius 3 is 2.79 bits per heavy atom. The Labute approximate surface area is 137 Å². The summed E-state index contributed by atoms with van der Waals surface area (Å²) in [6.07, 6.45) is 3.16. The second-order valence-electron chi connectivity index (χ2n) is 5.47. The van der Waals surface area contributed by atoms with E-state index in [0.717, 1.165) is 0 Å². The lowest BCUT2D eigenvalue weighted by Crippen LogP contribution is -2.27. The number of aromatic nitrogens is 2. The summed E-state index contributed by atoms with van der Waals surface area (Å²) in [7, 11) is 0. The van der Waals surface area contributed by atoms with Crippen LogP contribution in [0.3, 0.4) is 0 Å². The third-order valence-electron chi connectivity index (χ3n) is 4.12. The fourth-order valence-corrected chi connectivity index (χ4v) is 3.15. The number of pyridine rings is 2. The number of hydrogen-bond acceptors (Lipinski definition) is 4. The van der Waals surface area contributed by atoms with Gasteiger partial charge in [0.2, 0.25) is 5.78 Å². The van der Waals surface area contributed by atoms with Gasteiger partial charge in [-0.2, -0.15) is 0 Å². The van der Waals surface area contributed by atoms with Gasteiger partial charge in [0.15, 0.2) is 5.78 Å². The maximum atomic E-state index is 13.0. The first-order valence-electron chi connectivity index (χ1n) is 7.60. The van der Waals surface area contributed by atoms with Crippen molar-refractivity contribution in [2.45, 2.75) is 6.92 Å². The average Bonchev–Trinajstić information content (AvgIpc) is 2.95. The van der Waals surface area contributed by atoms with Gasteiger partial charge in [0.25, 0.3) is 5.91 Å². The highest BCUT2D eigenvalue weighted by molar-refractivity contribution is 6.31. The van der Waals surface area contributed by atoms with Crippen molar-refractivity contribution < 1.29 is 14.4 Å². The Morgan fingerprint density at radius 2 is 2.00 bits per heavy atom. The molecule has 0 aromatic carbocycles. The Kier molecular flexibility index (Phi) is 3.06. The van der Waals surface area contributed by atoms with Crippen LogP contribution in [0.15, 0.2) is 42.7 Å². The van der Waals surface area contributed by atoms with Crippen molar-refractivity contribution >= 4 is 23.0 Å². The number of amides is 1. The van der Waals surface area contributed by atoms with E-state index in [4.69, 9.17) is 0 Å². The lowest BCUT2D eigenvalue weighted by atomic mass is 9.89. The SMILES string of the molecule is CCNC(=O)c1c2c(n3ccccc13)C(=O)c1ncccc1C2=O. The van der Waals surface area contributed by atoms with Crippen LogP contribution < -0.4 is 5.32 Å². The molecule has 1 aliphatic carbocycles. The first-order valence-corrected chi connectivity index (χ1v) is 7.60. The summed E-state index contributed by atoms with van der Waals surface area (Å²) in [4.78, 5) is 42.5. The fourth-order valence-electron chi connectivity index (χ4n) is 3.15. The molecular formula is C18H13N3O3. The van der Waals surface area contributed by atoms with Crippen molar-refractivity contribution in [2.24, 2.45) is 0 Å². The molecular weight excluding hydrogens is 306 g/mol. The molecule has 6 heteroatoms. The van der Waals surface area contributed by atoms with E-state index in [2.05, 4.69) is 10.3 Å². The molecule has 0 saturated heterocycles. The highest BCUT2D eigenvalue weighted by atomic mass is 16.2. The molecule has 3 aromatic rings. The van der Waals surface area contributed by atoms with Gasteiger partial charge in [0.1, 0.15) is 11.4 Å². The minimum atomic E-state index is -0.365. The van der Waals surface area contributed by atoms with Gasteiger partial charge in [-0.05, 0) is 31.2 Å². The first-order chi connectivity index (χ1) is 11.6. The van der Waals surface area contributed by atoms with Crippen LogP contribution in [0.25, 0.3) is 5.52 Å². The van der Waals surface area contributed by atoms with Crippen LogP contribution >= 0.6 is 0 Å². The summed E-state index contributed by atoms with van der Waals surface area (Å²) in [6.45, 7) is 2.23. The molecule has 0 bridgehead atoms. The van der Waals surface area contributed by atoms with Gasteiger partial charge in [-0.15, -0.1) is 0 Å². The van der Waals surface area contributed by atoms with Gasteiger partial charge in [-0.1, -0.05) is 6.07 Å². The van der Waals surface area contributed by atoms with Gasteiger partial charge in [0, 0.05) is 18.9 Å². The maximum absolute atomic E-state index is 13.0. The van der Waals surface area contributed by atoms with Gasteiger partial charge in [-0.25, -0.2) is 0 Å². The number of rotatable bonds is 2. The summed E-state index contributed by atoms with van der Waals surface area (Å²) in [5.74, 6) is -1.06. The van der Waals surface area contributed by atoms with E-state index in [9.17, 15) is 14.4 Å². The van der Waals surface area contributed by atoms with Crippen LogP contribution in [-0.2, 0) is 0 Å². The number of nitrogens with zero attached hydrogens (tertiary/aromatic N) is 2. The van der Waals surface area contributed by atoms with Crippen molar-refractivity contribution in [1.82, 2.24) is 14.7 Å². The second kappa shape index (κ2) is 5.13. The average molecular weight is 319 g/mol. The molecule has 3 aromatic heterocycles. The Morgan fingerprint density at radius 1 is 1.17 bits per heavy atom. The lowest BCUT2D eigenvalue weighted by Gasteiger charge is -2.14. The van der Waals surface area contributed by atoms with Gasteiger partial charge in [0.05, 0.1) is 22.2 Å². The summed E-state index contributed by atoms with van der Waals surface area (Å²) in [5.41, 5.74) is 1.47. The molecule has 0 unspecified atom stereocenters. The molecule has 24 heavy (non-hydrogen) atoms. The van der Waals surface area contributed by atoms with Crippen molar-refractivity contribution in [1.29, 1.82) is 0 Å². The molecule has 0 atom stereocenters. The van der Waals surface area contributed by atoms with Crippen molar-refractivity contribution in [3.63, 3.8) is 0 Å². The Balaban J connectivity index is 2.11. The lowest BCUT2D eigenvalue weighted by molar-refractivity contribution is 0.0941. The summed E-state index contributed by atoms with van der Waals surface area (Å²) in [5, 5.41) is 2.72. The third-order valence-corrected chi connectivity index (χ3v) is 4.12. The van der Waals surface area contributed by atoms with E-state index in [1.54, 1.807) is 47.9 Å². The molecule has 1 aliphatic rings. The van der Waals surface area contributed by atoms with Crippen molar-refractivity contribution in [3.8, 4) is 0 Å². The molecule has 0 aliphatic heterocycles. The number of ketones is 2. The molecule has 0 spiro atoms. The standard InChI is InChI=1S/C18H13N3O3/c1-2-19-18(24)12-11-7-3-4-9-21(11)15-13(12)16(22)10-6-5-8-20-14(10)17(15)23/h3-9H,2H2,1H3,(H,19,24). The van der Waals surface area contributed by atoms with Crippen LogP contribution in [0.5, 0.6) is 0 Å². The minimum Gasteiger partial charge on any atom is -0.352 e. The highest BCUT2D eigenvalue weighted by Crippen LogP contribution is 2.32. The predicted octanol–water partition coefficient (Wildman–Crippen LogP) is 1.86. The Bertz CT molecular complexity index is 1030. The van der Waals surface area contributed by atoms with Gasteiger partial charge >= 0.3 is 0 Å². The molecule has 1 N–H and O–H groups in total. The van der Waals surface area contributed by atoms with Gasteiger partial charge < -0.3 is 9.72 Å². The van der Waals surface area contributed by atoms with Gasteiger partial charge in [-0.3, -0.25) is 19.4 Å². The van der Waals surface area contributed by atoms with E-state index in [1.807, 2.05) is 0 Å². The molecule has 6 nitrogen and oxygen atoms in total. The number of fused-ring (bicyclic) bond motifs is 4. The normalized spacial score (nSPS) is 12.9. The smallest absolute Gasteiger partial charge is 0.254 e. The topological polar surface area (TPSA) is 80.5 Å². The Hall–Kier alpha value is -3.28. The largest absolute Gasteiger partial charge is 0.352 e. The van der Waals surface area contributed by atoms with Crippen molar-refractivity contribution in [3.05, 3.63) is 70.8 Å². The molecule has 3 heterocycles. The minimum absolute atomic E-state index is 0.126. The summed E-state index contributed by atoms with van der Waals surface area (Å²) in [6, 6.07) is 8.41. The van der Waals surface area contributed by atoms with E-state index >= 15 is 0 Å². The van der Waals surface area contributed by atoms with Crippen molar-refractivity contribution in [2.75, 3.05) is 6.54 Å². The van der Waals surface area contributed by atoms with Crippen LogP contribution in [0, 0.1) is 0 Å². The fraction of sp³-hybridized carbons (Fsp3) is 0.111. The third kappa shape index (κ3) is 1.76. The molecule has 4 rings (SSSR count). The zero-order valence-corrected chi connectivity index (χ0v) is 12.9. The van der Waals surface area contributed by atoms with E-state index in [-0.39, 0.29) is 45.6 Å². The number of carbonyl (C=O) groups is 3. The van der Waals surface area contributed by atoms with Crippen LogP contribution in [0.1, 0.15) is 49.4 Å². The van der Waals surface area contributed by atoms with Crippen LogP contribution in [0.2, 0.25) is 0 Å². The zero-order valence-electron chi connectivity index (χ0n) is 12.9. The quantitative estimate of drug-likeness (QED) is 0.611. The summed E-state index contributed by atoms with van der Waals surface area (Å²) < 4.78 is 1.60. The molecule has 0 radical (unpaired) electrons. The zero-order chi connectivity index (χ0) is 16.8. The number of nitrogens with one attached hydrogen (secondary N) is 1. The highest BCUT2D eigenvalue weighted by Gasteiger charge is 2.38. The molecule has 0 fully saturated rings. The monoisotopic (exact) mass is 319 g/mol. The van der Waals surface area contributed by atoms with Crippen LogP contribution in [-0.4, -0.2) is 33.4 Å². The van der Waals surface area contributed by atoms with E-state index in [0.29, 0.717) is 12.1 Å². The number of carbonyl (C=O) groups excluding carboxylic acids is 3. The maximum Gasteiger partial charge on any atom is 0.254 e. The molecule has 1 amide bonds. The number of hydrogen-bond donors (Lipinski definition) is 1. The second-order valence-corrected chi connectivity index (χ2v) is 5.47. The van der Waals surface area contributed by atoms with Crippen LogP contribution in [0.4, 0.5) is 0 Å². The summed E-state index contributed by atoms with van der Waals surface area (Å²) >= 11 is 0. The van der Waals surface area contributed by atoms with E-state index < -0.39 is 0 Å². The molecule has 118 valence electrons. The molecule has 0 saturated carbocycles.